The van der Waals surface area contributed by atoms with Crippen LogP contribution in [0.1, 0.15) is 27.2 Å². The molecule has 5 nitrogen and oxygen atoms in total. The molecule has 0 spiro atoms. The number of carboxylic acids is 1. The number of hydrogen-bond donors (Lipinski definition) is 1. The van der Waals surface area contributed by atoms with Crippen molar-refractivity contribution in [3.63, 3.8) is 0 Å². The number of nitrogens with zero attached hydrogens (tertiary/aromatic N) is 1. The number of fused-ring (bicyclic) bond motifs is 1. The van der Waals surface area contributed by atoms with Crippen LogP contribution in [0.15, 0.2) is 0 Å². The molecule has 5 heteroatoms. The molecule has 0 aromatic carbocycles. The third-order valence-corrected chi connectivity index (χ3v) is 3.03. The third-order valence-electron chi connectivity index (χ3n) is 3.03. The minimum absolute atomic E-state index is 0.144. The fraction of sp³-hybridized carbons (Fsp3) is 0.818. The molecule has 1 amide bonds. The first kappa shape index (κ1) is 11.2. The topological polar surface area (TPSA) is 66.8 Å². The van der Waals surface area contributed by atoms with E-state index >= 15 is 0 Å². The van der Waals surface area contributed by atoms with Gasteiger partial charge in [-0.2, -0.15) is 0 Å². The highest BCUT2D eigenvalue weighted by Gasteiger charge is 2.57. The Morgan fingerprint density at radius 2 is 2.00 bits per heavy atom. The van der Waals surface area contributed by atoms with E-state index in [4.69, 9.17) is 9.84 Å². The van der Waals surface area contributed by atoms with Gasteiger partial charge in [0.05, 0.1) is 0 Å². The molecule has 1 heterocycles. The number of piperidine rings is 1. The summed E-state index contributed by atoms with van der Waals surface area (Å²) in [5.74, 6) is -0.408. The Labute approximate surface area is 94.4 Å². The standard InChI is InChI=1S/C11H17NO4/c1-11(2,3)16-10(15)12-5-6-4-7(6)8(12)9(13)14/h6-8H,4-5H2,1-3H3,(H,13,14)/t6-,7-,8+/m0/s1. The number of hydrogen-bond acceptors (Lipinski definition) is 3. The average molecular weight is 227 g/mol. The van der Waals surface area contributed by atoms with Gasteiger partial charge in [-0.05, 0) is 39.0 Å². The van der Waals surface area contributed by atoms with Crippen LogP contribution in [-0.2, 0) is 9.53 Å². The van der Waals surface area contributed by atoms with Gasteiger partial charge < -0.3 is 9.84 Å². The number of amides is 1. The van der Waals surface area contributed by atoms with Crippen LogP contribution in [0.3, 0.4) is 0 Å². The predicted molar refractivity (Wildman–Crippen MR) is 56.0 cm³/mol. The lowest BCUT2D eigenvalue weighted by molar-refractivity contribution is -0.142. The summed E-state index contributed by atoms with van der Waals surface area (Å²) in [5, 5.41) is 9.08. The van der Waals surface area contributed by atoms with E-state index in [1.165, 1.54) is 4.90 Å². The van der Waals surface area contributed by atoms with Gasteiger partial charge in [0.15, 0.2) is 0 Å². The molecule has 2 rings (SSSR count). The van der Waals surface area contributed by atoms with Gasteiger partial charge >= 0.3 is 12.1 Å². The van der Waals surface area contributed by atoms with Gasteiger partial charge in [-0.25, -0.2) is 9.59 Å². The Kier molecular flexibility index (Phi) is 2.36. The molecule has 2 aliphatic rings. The summed E-state index contributed by atoms with van der Waals surface area (Å²) in [7, 11) is 0. The fourth-order valence-corrected chi connectivity index (χ4v) is 2.29. The molecule has 0 radical (unpaired) electrons. The zero-order valence-electron chi connectivity index (χ0n) is 9.77. The Bertz CT molecular complexity index is 333. The van der Waals surface area contributed by atoms with Crippen LogP contribution in [0.4, 0.5) is 4.79 Å². The number of carboxylic acid groups (broad SMARTS) is 1. The summed E-state index contributed by atoms with van der Waals surface area (Å²) >= 11 is 0. The van der Waals surface area contributed by atoms with Crippen molar-refractivity contribution >= 4 is 12.1 Å². The van der Waals surface area contributed by atoms with Gasteiger partial charge in [-0.15, -0.1) is 0 Å². The molecule has 3 atom stereocenters. The van der Waals surface area contributed by atoms with Crippen molar-refractivity contribution in [2.75, 3.05) is 6.54 Å². The van der Waals surface area contributed by atoms with Crippen molar-refractivity contribution in [3.8, 4) is 0 Å². The minimum Gasteiger partial charge on any atom is -0.480 e. The van der Waals surface area contributed by atoms with E-state index in [1.54, 1.807) is 20.8 Å². The molecular weight excluding hydrogens is 210 g/mol. The number of carbonyl (C=O) groups excluding carboxylic acids is 1. The highest BCUT2D eigenvalue weighted by molar-refractivity contribution is 5.82. The van der Waals surface area contributed by atoms with Crippen LogP contribution < -0.4 is 0 Å². The molecule has 0 bridgehead atoms. The first-order valence-corrected chi connectivity index (χ1v) is 5.52. The summed E-state index contributed by atoms with van der Waals surface area (Å²) in [6.07, 6.45) is 0.420. The van der Waals surface area contributed by atoms with Crippen molar-refractivity contribution in [3.05, 3.63) is 0 Å². The lowest BCUT2D eigenvalue weighted by Crippen LogP contribution is -2.45. The summed E-state index contributed by atoms with van der Waals surface area (Å²) in [6, 6.07) is -0.681. The van der Waals surface area contributed by atoms with Gasteiger partial charge in [0.2, 0.25) is 0 Å². The predicted octanol–water partition coefficient (Wildman–Crippen LogP) is 1.33. The largest absolute Gasteiger partial charge is 0.480 e. The van der Waals surface area contributed by atoms with Crippen molar-refractivity contribution in [2.45, 2.75) is 38.8 Å². The first-order valence-electron chi connectivity index (χ1n) is 5.52. The third kappa shape index (κ3) is 1.99. The molecule has 1 aliphatic carbocycles. The Balaban J connectivity index is 2.04. The van der Waals surface area contributed by atoms with E-state index < -0.39 is 23.7 Å². The van der Waals surface area contributed by atoms with Crippen LogP contribution in [0.5, 0.6) is 0 Å². The van der Waals surface area contributed by atoms with E-state index in [9.17, 15) is 9.59 Å². The zero-order chi connectivity index (χ0) is 12.1. The Hall–Kier alpha value is -1.26. The van der Waals surface area contributed by atoms with Crippen molar-refractivity contribution < 1.29 is 19.4 Å². The minimum atomic E-state index is -0.921. The second-order valence-corrected chi connectivity index (χ2v) is 5.58. The molecule has 0 aromatic heterocycles. The van der Waals surface area contributed by atoms with E-state index in [1.807, 2.05) is 0 Å². The highest BCUT2D eigenvalue weighted by Crippen LogP contribution is 2.49. The first-order chi connectivity index (χ1) is 7.29. The maximum absolute atomic E-state index is 11.8. The number of rotatable bonds is 1. The van der Waals surface area contributed by atoms with Crippen LogP contribution >= 0.6 is 0 Å². The van der Waals surface area contributed by atoms with Gasteiger partial charge in [-0.3, -0.25) is 4.90 Å². The monoisotopic (exact) mass is 227 g/mol. The summed E-state index contributed by atoms with van der Waals surface area (Å²) in [4.78, 5) is 24.2. The second kappa shape index (κ2) is 3.37. The summed E-state index contributed by atoms with van der Waals surface area (Å²) < 4.78 is 5.19. The van der Waals surface area contributed by atoms with Gasteiger partial charge in [0, 0.05) is 6.54 Å². The quantitative estimate of drug-likeness (QED) is 0.733. The number of carbonyl (C=O) groups is 2. The van der Waals surface area contributed by atoms with Gasteiger partial charge in [0.1, 0.15) is 11.6 Å². The number of likely N-dealkylation sites (tertiary alicyclic amines) is 1. The molecule has 0 unspecified atom stereocenters. The molecule has 0 aromatic rings. The molecule has 1 saturated carbocycles. The van der Waals surface area contributed by atoms with Crippen molar-refractivity contribution in [2.24, 2.45) is 11.8 Å². The van der Waals surface area contributed by atoms with Crippen LogP contribution in [0.25, 0.3) is 0 Å². The van der Waals surface area contributed by atoms with E-state index in [0.29, 0.717) is 12.5 Å². The van der Waals surface area contributed by atoms with E-state index in [0.717, 1.165) is 6.42 Å². The molecule has 2 fully saturated rings. The molecule has 1 saturated heterocycles. The van der Waals surface area contributed by atoms with Crippen LogP contribution in [-0.4, -0.2) is 40.3 Å². The van der Waals surface area contributed by atoms with E-state index in [-0.39, 0.29) is 5.92 Å². The molecular formula is C11H17NO4. The van der Waals surface area contributed by atoms with Crippen LogP contribution in [0.2, 0.25) is 0 Å². The van der Waals surface area contributed by atoms with Crippen LogP contribution in [0, 0.1) is 11.8 Å². The Morgan fingerprint density at radius 3 is 2.50 bits per heavy atom. The SMILES string of the molecule is CC(C)(C)OC(=O)N1C[C@@H]2C[C@@H]2[C@@H]1C(=O)O. The molecule has 90 valence electrons. The number of aliphatic carboxylic acids is 1. The van der Waals surface area contributed by atoms with Crippen molar-refractivity contribution in [1.29, 1.82) is 0 Å². The van der Waals surface area contributed by atoms with Crippen molar-refractivity contribution in [1.82, 2.24) is 4.90 Å². The fourth-order valence-electron chi connectivity index (χ4n) is 2.29. The maximum atomic E-state index is 11.8. The Morgan fingerprint density at radius 1 is 1.38 bits per heavy atom. The second-order valence-electron chi connectivity index (χ2n) is 5.58. The van der Waals surface area contributed by atoms with Gasteiger partial charge in [0.25, 0.3) is 0 Å². The number of ether oxygens (including phenoxy) is 1. The zero-order valence-corrected chi connectivity index (χ0v) is 9.77. The lowest BCUT2D eigenvalue weighted by Gasteiger charge is -2.28. The van der Waals surface area contributed by atoms with Gasteiger partial charge in [-0.1, -0.05) is 0 Å². The smallest absolute Gasteiger partial charge is 0.411 e. The summed E-state index contributed by atoms with van der Waals surface area (Å²) in [6.45, 7) is 5.85. The molecule has 1 aliphatic heterocycles. The average Bonchev–Trinajstić information content (AvgIpc) is 2.73. The van der Waals surface area contributed by atoms with E-state index in [2.05, 4.69) is 0 Å². The summed E-state index contributed by atoms with van der Waals surface area (Å²) in [5.41, 5.74) is -0.576. The molecule has 1 N–H and O–H groups in total. The maximum Gasteiger partial charge on any atom is 0.411 e. The lowest BCUT2D eigenvalue weighted by atomic mass is 10.2. The normalized spacial score (nSPS) is 32.2. The highest BCUT2D eigenvalue weighted by atomic mass is 16.6. The molecule has 16 heavy (non-hydrogen) atoms.